The van der Waals surface area contributed by atoms with Gasteiger partial charge in [0.1, 0.15) is 0 Å². The fourth-order valence-electron chi connectivity index (χ4n) is 2.51. The summed E-state index contributed by atoms with van der Waals surface area (Å²) in [5.41, 5.74) is 0.840. The number of carbonyl (C=O) groups excluding carboxylic acids is 1. The highest BCUT2D eigenvalue weighted by Gasteiger charge is 2.19. The molecule has 2 aromatic rings. The minimum absolute atomic E-state index is 0.0397. The third kappa shape index (κ3) is 4.72. The molecule has 1 heterocycles. The number of hydrogen-bond donors (Lipinski definition) is 1. The zero-order valence-electron chi connectivity index (χ0n) is 13.6. The van der Waals surface area contributed by atoms with Gasteiger partial charge in [-0.15, -0.1) is 0 Å². The predicted molar refractivity (Wildman–Crippen MR) is 87.4 cm³/mol. The first-order valence-electron chi connectivity index (χ1n) is 7.81. The Bertz CT molecular complexity index is 603. The zero-order valence-corrected chi connectivity index (χ0v) is 13.6. The molecule has 1 aromatic carbocycles. The molecular weight excluding hydrogens is 276 g/mol. The fraction of sp³-hybridized carbons (Fsp3) is 0.444. The van der Waals surface area contributed by atoms with Gasteiger partial charge in [-0.25, -0.2) is 4.98 Å². The predicted octanol–water partition coefficient (Wildman–Crippen LogP) is 3.97. The number of oxazole rings is 1. The van der Waals surface area contributed by atoms with Gasteiger partial charge < -0.3 is 9.73 Å². The summed E-state index contributed by atoms with van der Waals surface area (Å²) in [5.74, 6) is 1.38. The summed E-state index contributed by atoms with van der Waals surface area (Å²) in [6.07, 6.45) is 4.63. The number of carbonyl (C=O) groups is 1. The molecule has 4 nitrogen and oxygen atoms in total. The fourth-order valence-corrected chi connectivity index (χ4v) is 2.51. The number of nitrogens with zero attached hydrogens (tertiary/aromatic N) is 1. The molecule has 22 heavy (non-hydrogen) atoms. The van der Waals surface area contributed by atoms with Crippen molar-refractivity contribution in [2.45, 2.75) is 52.0 Å². The van der Waals surface area contributed by atoms with Crippen molar-refractivity contribution in [1.82, 2.24) is 10.3 Å². The van der Waals surface area contributed by atoms with E-state index in [0.29, 0.717) is 18.7 Å². The van der Waals surface area contributed by atoms with Crippen molar-refractivity contribution in [3.8, 4) is 11.3 Å². The van der Waals surface area contributed by atoms with Gasteiger partial charge in [-0.3, -0.25) is 4.79 Å². The molecule has 0 saturated carbocycles. The number of rotatable bonds is 7. The highest BCUT2D eigenvalue weighted by Crippen LogP contribution is 2.20. The molecule has 0 atom stereocenters. The second-order valence-electron chi connectivity index (χ2n) is 6.17. The summed E-state index contributed by atoms with van der Waals surface area (Å²) in [5, 5.41) is 3.06. The van der Waals surface area contributed by atoms with Crippen molar-refractivity contribution in [3.05, 3.63) is 42.4 Å². The lowest BCUT2D eigenvalue weighted by Crippen LogP contribution is -2.43. The van der Waals surface area contributed by atoms with Crippen LogP contribution in [0, 0.1) is 0 Å². The van der Waals surface area contributed by atoms with Gasteiger partial charge >= 0.3 is 0 Å². The van der Waals surface area contributed by atoms with E-state index < -0.39 is 0 Å². The number of benzene rings is 1. The van der Waals surface area contributed by atoms with E-state index in [4.69, 9.17) is 4.42 Å². The quantitative estimate of drug-likeness (QED) is 0.841. The van der Waals surface area contributed by atoms with Gasteiger partial charge in [0, 0.05) is 23.9 Å². The molecule has 4 heteroatoms. The first-order chi connectivity index (χ1) is 10.5. The van der Waals surface area contributed by atoms with Crippen LogP contribution in [0.1, 0.15) is 45.9 Å². The Morgan fingerprint density at radius 2 is 2.00 bits per heavy atom. The monoisotopic (exact) mass is 300 g/mol. The minimum Gasteiger partial charge on any atom is -0.441 e. The van der Waals surface area contributed by atoms with Gasteiger partial charge in [-0.2, -0.15) is 0 Å². The van der Waals surface area contributed by atoms with Gasteiger partial charge in [-0.1, -0.05) is 43.7 Å². The summed E-state index contributed by atoms with van der Waals surface area (Å²) < 4.78 is 5.71. The molecule has 0 unspecified atom stereocenters. The van der Waals surface area contributed by atoms with E-state index in [1.807, 2.05) is 44.2 Å². The van der Waals surface area contributed by atoms with Crippen LogP contribution in [0.3, 0.4) is 0 Å². The smallest absolute Gasteiger partial charge is 0.220 e. The van der Waals surface area contributed by atoms with E-state index in [1.54, 1.807) is 6.20 Å². The molecule has 0 aliphatic heterocycles. The summed E-state index contributed by atoms with van der Waals surface area (Å²) in [7, 11) is 0. The number of hydrogen-bond acceptors (Lipinski definition) is 3. The van der Waals surface area contributed by atoms with Gasteiger partial charge in [0.05, 0.1) is 6.20 Å². The number of aromatic nitrogens is 1. The molecule has 118 valence electrons. The minimum atomic E-state index is -0.155. The standard InChI is InChI=1S/C18H24N2O2/c1-4-12-18(2,3)20-16(21)10-11-17-19-13-15(22-17)14-8-6-5-7-9-14/h5-9,13H,4,10-12H2,1-3H3,(H,20,21). The first kappa shape index (κ1) is 16.3. The van der Waals surface area contributed by atoms with Crippen LogP contribution in [0.4, 0.5) is 0 Å². The van der Waals surface area contributed by atoms with E-state index in [0.717, 1.165) is 24.2 Å². The first-order valence-corrected chi connectivity index (χ1v) is 7.81. The van der Waals surface area contributed by atoms with Gasteiger partial charge in [0.25, 0.3) is 0 Å². The summed E-state index contributed by atoms with van der Waals surface area (Å²) in [4.78, 5) is 16.3. The lowest BCUT2D eigenvalue weighted by Gasteiger charge is -2.25. The maximum absolute atomic E-state index is 12.0. The van der Waals surface area contributed by atoms with Crippen LogP contribution in [-0.4, -0.2) is 16.4 Å². The van der Waals surface area contributed by atoms with E-state index in [-0.39, 0.29) is 11.4 Å². The van der Waals surface area contributed by atoms with Crippen LogP contribution in [0.15, 0.2) is 40.9 Å². The van der Waals surface area contributed by atoms with E-state index in [2.05, 4.69) is 17.2 Å². The Balaban J connectivity index is 1.88. The second-order valence-corrected chi connectivity index (χ2v) is 6.17. The molecule has 1 aromatic heterocycles. The van der Waals surface area contributed by atoms with E-state index in [9.17, 15) is 4.79 Å². The number of nitrogens with one attached hydrogen (secondary N) is 1. The molecule has 1 amide bonds. The molecule has 0 bridgehead atoms. The van der Waals surface area contributed by atoms with Crippen molar-refractivity contribution in [1.29, 1.82) is 0 Å². The van der Waals surface area contributed by atoms with Gasteiger partial charge in [0.2, 0.25) is 5.91 Å². The molecule has 0 aliphatic rings. The number of aryl methyl sites for hydroxylation is 1. The largest absolute Gasteiger partial charge is 0.441 e. The Morgan fingerprint density at radius 3 is 2.68 bits per heavy atom. The Kier molecular flexibility index (Phi) is 5.36. The molecular formula is C18H24N2O2. The van der Waals surface area contributed by atoms with Crippen LogP contribution in [-0.2, 0) is 11.2 Å². The van der Waals surface area contributed by atoms with Gasteiger partial charge in [-0.05, 0) is 20.3 Å². The van der Waals surface area contributed by atoms with Gasteiger partial charge in [0.15, 0.2) is 11.7 Å². The van der Waals surface area contributed by atoms with Crippen molar-refractivity contribution < 1.29 is 9.21 Å². The zero-order chi connectivity index (χ0) is 16.0. The van der Waals surface area contributed by atoms with Crippen molar-refractivity contribution in [2.24, 2.45) is 0 Å². The molecule has 0 spiro atoms. The molecule has 0 aliphatic carbocycles. The second kappa shape index (κ2) is 7.25. The third-order valence-electron chi connectivity index (χ3n) is 3.53. The highest BCUT2D eigenvalue weighted by atomic mass is 16.4. The van der Waals surface area contributed by atoms with Crippen LogP contribution >= 0.6 is 0 Å². The average Bonchev–Trinajstić information content (AvgIpc) is 2.94. The third-order valence-corrected chi connectivity index (χ3v) is 3.53. The summed E-state index contributed by atoms with van der Waals surface area (Å²) in [6, 6.07) is 9.83. The lowest BCUT2D eigenvalue weighted by molar-refractivity contribution is -0.122. The van der Waals surface area contributed by atoms with Crippen LogP contribution in [0.2, 0.25) is 0 Å². The molecule has 2 rings (SSSR count). The number of amides is 1. The topological polar surface area (TPSA) is 55.1 Å². The molecule has 0 radical (unpaired) electrons. The lowest BCUT2D eigenvalue weighted by atomic mass is 9.98. The highest BCUT2D eigenvalue weighted by molar-refractivity contribution is 5.76. The average molecular weight is 300 g/mol. The maximum atomic E-state index is 12.0. The summed E-state index contributed by atoms with van der Waals surface area (Å²) >= 11 is 0. The van der Waals surface area contributed by atoms with Crippen molar-refractivity contribution in [3.63, 3.8) is 0 Å². The summed E-state index contributed by atoms with van der Waals surface area (Å²) in [6.45, 7) is 6.21. The van der Waals surface area contributed by atoms with Crippen molar-refractivity contribution >= 4 is 5.91 Å². The van der Waals surface area contributed by atoms with E-state index in [1.165, 1.54) is 0 Å². The molecule has 0 saturated heterocycles. The normalized spacial score (nSPS) is 11.4. The Labute approximate surface area is 131 Å². The van der Waals surface area contributed by atoms with E-state index >= 15 is 0 Å². The molecule has 1 N–H and O–H groups in total. The SMILES string of the molecule is CCCC(C)(C)NC(=O)CCc1ncc(-c2ccccc2)o1. The maximum Gasteiger partial charge on any atom is 0.220 e. The molecule has 0 fully saturated rings. The Hall–Kier alpha value is -2.10. The van der Waals surface area contributed by atoms with Crippen LogP contribution < -0.4 is 5.32 Å². The van der Waals surface area contributed by atoms with Crippen molar-refractivity contribution in [2.75, 3.05) is 0 Å². The van der Waals surface area contributed by atoms with Crippen LogP contribution in [0.5, 0.6) is 0 Å². The Morgan fingerprint density at radius 1 is 1.27 bits per heavy atom. The van der Waals surface area contributed by atoms with Crippen LogP contribution in [0.25, 0.3) is 11.3 Å².